The number of nitrogens with two attached hydrogens (primary N) is 1. The van der Waals surface area contributed by atoms with Crippen LogP contribution < -0.4 is 5.73 Å². The van der Waals surface area contributed by atoms with Gasteiger partial charge < -0.3 is 10.7 Å². The summed E-state index contributed by atoms with van der Waals surface area (Å²) < 4.78 is 0. The zero-order chi connectivity index (χ0) is 10.5. The highest BCUT2D eigenvalue weighted by molar-refractivity contribution is 5.51. The van der Waals surface area contributed by atoms with Crippen molar-refractivity contribution in [1.29, 1.82) is 0 Å². The van der Waals surface area contributed by atoms with Crippen LogP contribution >= 0.6 is 0 Å². The number of hydrogen-bond donors (Lipinski definition) is 2. The van der Waals surface area contributed by atoms with Gasteiger partial charge >= 0.3 is 0 Å². The van der Waals surface area contributed by atoms with Crippen LogP contribution in [0.15, 0.2) is 24.8 Å². The molecule has 0 aliphatic carbocycles. The highest BCUT2D eigenvalue weighted by Gasteiger charge is 2.03. The molecule has 0 unspecified atom stereocenters. The molecule has 0 saturated carbocycles. The van der Waals surface area contributed by atoms with Crippen LogP contribution in [0, 0.1) is 0 Å². The third-order valence-corrected chi connectivity index (χ3v) is 2.09. The van der Waals surface area contributed by atoms with Crippen LogP contribution in [0.25, 0.3) is 11.4 Å². The molecule has 2 aromatic heterocycles. The molecule has 0 fully saturated rings. The first-order valence-corrected chi connectivity index (χ1v) is 4.90. The Kier molecular flexibility index (Phi) is 3.04. The molecule has 0 saturated heterocycles. The maximum atomic E-state index is 5.43. The van der Waals surface area contributed by atoms with Crippen molar-refractivity contribution in [2.75, 3.05) is 6.54 Å². The van der Waals surface area contributed by atoms with Crippen LogP contribution in [0.5, 0.6) is 0 Å². The van der Waals surface area contributed by atoms with Gasteiger partial charge in [-0.25, -0.2) is 4.98 Å². The van der Waals surface area contributed by atoms with Crippen molar-refractivity contribution in [3.05, 3.63) is 30.6 Å². The SMILES string of the molecule is NCCCc1ncc(-c2cnccn2)[nH]1. The van der Waals surface area contributed by atoms with E-state index >= 15 is 0 Å². The Bertz CT molecular complexity index is 409. The fourth-order valence-electron chi connectivity index (χ4n) is 1.33. The Morgan fingerprint density at radius 2 is 2.13 bits per heavy atom. The van der Waals surface area contributed by atoms with Crippen molar-refractivity contribution in [2.45, 2.75) is 12.8 Å². The van der Waals surface area contributed by atoms with E-state index in [9.17, 15) is 0 Å². The average molecular weight is 203 g/mol. The van der Waals surface area contributed by atoms with Crippen LogP contribution in [0.3, 0.4) is 0 Å². The summed E-state index contributed by atoms with van der Waals surface area (Å²) in [6.45, 7) is 0.682. The number of H-pyrrole nitrogens is 1. The highest BCUT2D eigenvalue weighted by atomic mass is 14.9. The van der Waals surface area contributed by atoms with Gasteiger partial charge in [-0.2, -0.15) is 0 Å². The molecule has 0 spiro atoms. The van der Waals surface area contributed by atoms with Gasteiger partial charge in [0.2, 0.25) is 0 Å². The van der Waals surface area contributed by atoms with Gasteiger partial charge in [0, 0.05) is 18.8 Å². The number of imidazole rings is 1. The normalized spacial score (nSPS) is 10.5. The van der Waals surface area contributed by atoms with Crippen molar-refractivity contribution in [3.63, 3.8) is 0 Å². The van der Waals surface area contributed by atoms with Gasteiger partial charge in [0.15, 0.2) is 0 Å². The summed E-state index contributed by atoms with van der Waals surface area (Å²) in [5.74, 6) is 0.945. The van der Waals surface area contributed by atoms with Crippen molar-refractivity contribution in [3.8, 4) is 11.4 Å². The maximum Gasteiger partial charge on any atom is 0.106 e. The van der Waals surface area contributed by atoms with Crippen molar-refractivity contribution in [2.24, 2.45) is 5.73 Å². The lowest BCUT2D eigenvalue weighted by atomic mass is 10.3. The fourth-order valence-corrected chi connectivity index (χ4v) is 1.33. The molecule has 5 nitrogen and oxygen atoms in total. The standard InChI is InChI=1S/C10H13N5/c11-3-1-2-10-14-7-9(15-10)8-6-12-4-5-13-8/h4-7H,1-3,11H2,(H,14,15). The molecule has 0 atom stereocenters. The molecular weight excluding hydrogens is 190 g/mol. The second-order valence-corrected chi connectivity index (χ2v) is 3.23. The summed E-state index contributed by atoms with van der Waals surface area (Å²) in [4.78, 5) is 15.6. The molecule has 2 rings (SSSR count). The zero-order valence-electron chi connectivity index (χ0n) is 8.35. The summed E-state index contributed by atoms with van der Waals surface area (Å²) in [5, 5.41) is 0. The van der Waals surface area contributed by atoms with E-state index in [0.717, 1.165) is 30.1 Å². The number of aromatic amines is 1. The van der Waals surface area contributed by atoms with Gasteiger partial charge in [-0.15, -0.1) is 0 Å². The topological polar surface area (TPSA) is 80.5 Å². The lowest BCUT2D eigenvalue weighted by Gasteiger charge is -1.95. The first-order valence-electron chi connectivity index (χ1n) is 4.90. The smallest absolute Gasteiger partial charge is 0.106 e. The van der Waals surface area contributed by atoms with Crippen LogP contribution in [0.2, 0.25) is 0 Å². The molecule has 0 bridgehead atoms. The van der Waals surface area contributed by atoms with Crippen LogP contribution in [-0.4, -0.2) is 26.5 Å². The Balaban J connectivity index is 2.14. The maximum absolute atomic E-state index is 5.43. The molecule has 0 aromatic carbocycles. The number of nitrogens with zero attached hydrogens (tertiary/aromatic N) is 3. The van der Waals surface area contributed by atoms with E-state index in [4.69, 9.17) is 5.73 Å². The first-order chi connectivity index (χ1) is 7.40. The fraction of sp³-hybridized carbons (Fsp3) is 0.300. The number of nitrogens with one attached hydrogen (secondary N) is 1. The lowest BCUT2D eigenvalue weighted by Crippen LogP contribution is -2.01. The Hall–Kier alpha value is -1.75. The molecule has 15 heavy (non-hydrogen) atoms. The number of hydrogen-bond acceptors (Lipinski definition) is 4. The van der Waals surface area contributed by atoms with Gasteiger partial charge in [0.1, 0.15) is 11.5 Å². The van der Waals surface area contributed by atoms with Crippen molar-refractivity contribution >= 4 is 0 Å². The minimum Gasteiger partial charge on any atom is -0.341 e. The quantitative estimate of drug-likeness (QED) is 0.768. The van der Waals surface area contributed by atoms with Gasteiger partial charge in [0.25, 0.3) is 0 Å². The second kappa shape index (κ2) is 4.65. The summed E-state index contributed by atoms with van der Waals surface area (Å²) in [6.07, 6.45) is 8.60. The molecule has 0 amide bonds. The molecule has 0 radical (unpaired) electrons. The second-order valence-electron chi connectivity index (χ2n) is 3.23. The number of aromatic nitrogens is 4. The monoisotopic (exact) mass is 203 g/mol. The zero-order valence-corrected chi connectivity index (χ0v) is 8.35. The van der Waals surface area contributed by atoms with Gasteiger partial charge in [-0.05, 0) is 13.0 Å². The van der Waals surface area contributed by atoms with Crippen LogP contribution in [-0.2, 0) is 6.42 Å². The Morgan fingerprint density at radius 1 is 1.20 bits per heavy atom. The summed E-state index contributed by atoms with van der Waals surface area (Å²) >= 11 is 0. The molecule has 0 aliphatic rings. The van der Waals surface area contributed by atoms with Crippen molar-refractivity contribution in [1.82, 2.24) is 19.9 Å². The van der Waals surface area contributed by atoms with Crippen molar-refractivity contribution < 1.29 is 0 Å². The predicted octanol–water partition coefficient (Wildman–Crippen LogP) is 0.758. The lowest BCUT2D eigenvalue weighted by molar-refractivity contribution is 0.794. The van der Waals surface area contributed by atoms with E-state index in [1.165, 1.54) is 0 Å². The summed E-state index contributed by atoms with van der Waals surface area (Å²) in [7, 11) is 0. The third kappa shape index (κ3) is 2.38. The Morgan fingerprint density at radius 3 is 2.87 bits per heavy atom. The minimum absolute atomic E-state index is 0.682. The Labute approximate surface area is 87.8 Å². The summed E-state index contributed by atoms with van der Waals surface area (Å²) in [5.41, 5.74) is 7.14. The molecule has 78 valence electrons. The molecule has 2 aromatic rings. The molecule has 0 aliphatic heterocycles. The predicted molar refractivity (Wildman–Crippen MR) is 57.0 cm³/mol. The van der Waals surface area contributed by atoms with Crippen LogP contribution in [0.1, 0.15) is 12.2 Å². The molecular formula is C10H13N5. The number of aryl methyl sites for hydroxylation is 1. The summed E-state index contributed by atoms with van der Waals surface area (Å²) in [6, 6.07) is 0. The van der Waals surface area contributed by atoms with E-state index < -0.39 is 0 Å². The minimum atomic E-state index is 0.682. The molecule has 2 heterocycles. The van der Waals surface area contributed by atoms with E-state index in [-0.39, 0.29) is 0 Å². The van der Waals surface area contributed by atoms with E-state index in [0.29, 0.717) is 6.54 Å². The highest BCUT2D eigenvalue weighted by Crippen LogP contribution is 2.12. The van der Waals surface area contributed by atoms with Gasteiger partial charge in [-0.1, -0.05) is 0 Å². The van der Waals surface area contributed by atoms with Gasteiger partial charge in [-0.3, -0.25) is 9.97 Å². The largest absolute Gasteiger partial charge is 0.341 e. The van der Waals surface area contributed by atoms with Gasteiger partial charge in [0.05, 0.1) is 18.1 Å². The third-order valence-electron chi connectivity index (χ3n) is 2.09. The van der Waals surface area contributed by atoms with Crippen LogP contribution in [0.4, 0.5) is 0 Å². The van der Waals surface area contributed by atoms with E-state index in [2.05, 4.69) is 19.9 Å². The van der Waals surface area contributed by atoms with E-state index in [1.807, 2.05) is 0 Å². The first kappa shape index (κ1) is 9.79. The van der Waals surface area contributed by atoms with E-state index in [1.54, 1.807) is 24.8 Å². The number of rotatable bonds is 4. The molecule has 5 heteroatoms. The molecule has 3 N–H and O–H groups in total. The average Bonchev–Trinajstić information content (AvgIpc) is 2.76.